The Kier molecular flexibility index (Phi) is 6.37. The van der Waals surface area contributed by atoms with Crippen molar-refractivity contribution in [2.45, 2.75) is 63.4 Å². The number of benzene rings is 2. The number of ether oxygens (including phenoxy) is 5. The van der Waals surface area contributed by atoms with Gasteiger partial charge in [-0.2, -0.15) is 0 Å². The minimum absolute atomic E-state index is 0.330. The minimum Gasteiger partial charge on any atom is -0.374 e. The number of hydrogen-bond acceptors (Lipinski definition) is 5. The molecule has 0 N–H and O–H groups in total. The first-order valence-corrected chi connectivity index (χ1v) is 10.4. The third-order valence-corrected chi connectivity index (χ3v) is 5.48. The van der Waals surface area contributed by atoms with Crippen LogP contribution >= 0.6 is 0 Å². The standard InChI is InChI=1S/C25H30O5/c1-4-15-25(18-26-16-19-11-7-5-8-12-19)22(27-17-20-13-9-6-10-14-20)21-23(30-25)29-24(2,3)28-21/h4-14,21-23H,1,15-18H2,2-3H3/t21?,22-,23+,25-/m1/s1. The Bertz CT molecular complexity index is 822. The lowest BCUT2D eigenvalue weighted by atomic mass is 9.92. The molecule has 2 aromatic carbocycles. The maximum Gasteiger partial charge on any atom is 0.190 e. The van der Waals surface area contributed by atoms with Crippen molar-refractivity contribution in [2.75, 3.05) is 6.61 Å². The molecule has 2 aliphatic rings. The van der Waals surface area contributed by atoms with Crippen LogP contribution in [0.15, 0.2) is 73.3 Å². The monoisotopic (exact) mass is 410 g/mol. The highest BCUT2D eigenvalue weighted by Gasteiger charge is 2.62. The summed E-state index contributed by atoms with van der Waals surface area (Å²) < 4.78 is 31.1. The van der Waals surface area contributed by atoms with Gasteiger partial charge in [-0.25, -0.2) is 0 Å². The van der Waals surface area contributed by atoms with Gasteiger partial charge in [0.25, 0.3) is 0 Å². The molecule has 0 amide bonds. The van der Waals surface area contributed by atoms with Crippen LogP contribution in [0.5, 0.6) is 0 Å². The van der Waals surface area contributed by atoms with Gasteiger partial charge in [-0.05, 0) is 31.4 Å². The average Bonchev–Trinajstić information content (AvgIpc) is 3.17. The van der Waals surface area contributed by atoms with Crippen molar-refractivity contribution >= 4 is 0 Å². The molecule has 4 atom stereocenters. The maximum atomic E-state index is 6.42. The van der Waals surface area contributed by atoms with Gasteiger partial charge in [0.1, 0.15) is 17.8 Å². The molecule has 5 heteroatoms. The second-order valence-corrected chi connectivity index (χ2v) is 8.34. The predicted octanol–water partition coefficient (Wildman–Crippen LogP) is 4.61. The van der Waals surface area contributed by atoms with E-state index in [9.17, 15) is 0 Å². The molecule has 0 saturated carbocycles. The van der Waals surface area contributed by atoms with Crippen LogP contribution in [-0.2, 0) is 36.9 Å². The third-order valence-electron chi connectivity index (χ3n) is 5.48. The van der Waals surface area contributed by atoms with E-state index >= 15 is 0 Å². The highest BCUT2D eigenvalue weighted by atomic mass is 16.8. The van der Waals surface area contributed by atoms with Crippen LogP contribution in [0.25, 0.3) is 0 Å². The van der Waals surface area contributed by atoms with E-state index in [2.05, 4.69) is 6.58 Å². The lowest BCUT2D eigenvalue weighted by Crippen LogP contribution is -2.49. The molecule has 2 saturated heterocycles. The number of fused-ring (bicyclic) bond motifs is 1. The normalized spacial score (nSPS) is 29.6. The van der Waals surface area contributed by atoms with Crippen molar-refractivity contribution in [1.82, 2.24) is 0 Å². The fourth-order valence-electron chi connectivity index (χ4n) is 4.16. The van der Waals surface area contributed by atoms with Crippen molar-refractivity contribution < 1.29 is 23.7 Å². The molecule has 0 spiro atoms. The Labute approximate surface area is 178 Å². The van der Waals surface area contributed by atoms with Gasteiger partial charge in [-0.15, -0.1) is 6.58 Å². The Hall–Kier alpha value is -2.02. The molecule has 2 heterocycles. The zero-order chi connectivity index (χ0) is 21.0. The largest absolute Gasteiger partial charge is 0.374 e. The van der Waals surface area contributed by atoms with E-state index in [1.54, 1.807) is 0 Å². The molecule has 5 nitrogen and oxygen atoms in total. The van der Waals surface area contributed by atoms with Crippen molar-refractivity contribution in [1.29, 1.82) is 0 Å². The van der Waals surface area contributed by atoms with Crippen LogP contribution in [0, 0.1) is 0 Å². The van der Waals surface area contributed by atoms with E-state index < -0.39 is 17.7 Å². The molecule has 0 bridgehead atoms. The van der Waals surface area contributed by atoms with Crippen LogP contribution in [0.1, 0.15) is 31.4 Å². The maximum absolute atomic E-state index is 6.42. The highest BCUT2D eigenvalue weighted by Crippen LogP contribution is 2.45. The molecule has 0 aromatic heterocycles. The Morgan fingerprint density at radius 3 is 2.17 bits per heavy atom. The number of rotatable bonds is 9. The predicted molar refractivity (Wildman–Crippen MR) is 114 cm³/mol. The Balaban J connectivity index is 1.51. The van der Waals surface area contributed by atoms with Crippen molar-refractivity contribution in [3.63, 3.8) is 0 Å². The van der Waals surface area contributed by atoms with Gasteiger partial charge in [-0.1, -0.05) is 66.7 Å². The van der Waals surface area contributed by atoms with Gasteiger partial charge in [0, 0.05) is 0 Å². The molecule has 2 aliphatic heterocycles. The highest BCUT2D eigenvalue weighted by molar-refractivity contribution is 5.15. The van der Waals surface area contributed by atoms with E-state index in [4.69, 9.17) is 23.7 Å². The molecule has 2 aromatic rings. The summed E-state index contributed by atoms with van der Waals surface area (Å²) in [5.41, 5.74) is 1.48. The fraction of sp³-hybridized carbons (Fsp3) is 0.440. The fourth-order valence-corrected chi connectivity index (χ4v) is 4.16. The zero-order valence-corrected chi connectivity index (χ0v) is 17.7. The minimum atomic E-state index is -0.725. The molecule has 1 unspecified atom stereocenters. The number of hydrogen-bond donors (Lipinski definition) is 0. The second kappa shape index (κ2) is 9.00. The lowest BCUT2D eigenvalue weighted by Gasteiger charge is -2.36. The van der Waals surface area contributed by atoms with Gasteiger partial charge in [-0.3, -0.25) is 0 Å². The smallest absolute Gasteiger partial charge is 0.190 e. The molecule has 0 aliphatic carbocycles. The van der Waals surface area contributed by atoms with E-state index in [0.717, 1.165) is 11.1 Å². The van der Waals surface area contributed by atoms with E-state index in [1.807, 2.05) is 80.6 Å². The van der Waals surface area contributed by atoms with Gasteiger partial charge >= 0.3 is 0 Å². The van der Waals surface area contributed by atoms with Gasteiger partial charge in [0.05, 0.1) is 19.8 Å². The van der Waals surface area contributed by atoms with Gasteiger partial charge < -0.3 is 23.7 Å². The van der Waals surface area contributed by atoms with Crippen LogP contribution in [0.2, 0.25) is 0 Å². The molecule has 2 fully saturated rings. The summed E-state index contributed by atoms with van der Waals surface area (Å²) in [7, 11) is 0. The topological polar surface area (TPSA) is 46.2 Å². The molecule has 4 rings (SSSR count). The SMILES string of the molecule is C=CC[C@]1(COCc2ccccc2)O[C@@H]2OC(C)(C)OC2[C@H]1OCc1ccccc1. The molecule has 30 heavy (non-hydrogen) atoms. The van der Waals surface area contributed by atoms with E-state index in [-0.39, 0.29) is 12.2 Å². The first kappa shape index (κ1) is 21.2. The summed E-state index contributed by atoms with van der Waals surface area (Å²) in [6, 6.07) is 20.2. The van der Waals surface area contributed by atoms with Gasteiger partial charge in [0.2, 0.25) is 0 Å². The molecular formula is C25H30O5. The third kappa shape index (κ3) is 4.66. The van der Waals surface area contributed by atoms with Crippen LogP contribution < -0.4 is 0 Å². The molecule has 160 valence electrons. The summed E-state index contributed by atoms with van der Waals surface area (Å²) in [6.45, 7) is 9.03. The van der Waals surface area contributed by atoms with Gasteiger partial charge in [0.15, 0.2) is 12.1 Å². The van der Waals surface area contributed by atoms with Crippen LogP contribution in [0.4, 0.5) is 0 Å². The zero-order valence-electron chi connectivity index (χ0n) is 17.7. The summed E-state index contributed by atoms with van der Waals surface area (Å²) in [5, 5.41) is 0. The van der Waals surface area contributed by atoms with Crippen LogP contribution in [0.3, 0.4) is 0 Å². The van der Waals surface area contributed by atoms with E-state index in [0.29, 0.717) is 26.2 Å². The van der Waals surface area contributed by atoms with Crippen LogP contribution in [-0.4, -0.2) is 36.5 Å². The summed E-state index contributed by atoms with van der Waals surface area (Å²) in [6.07, 6.45) is 1.24. The molecular weight excluding hydrogens is 380 g/mol. The summed E-state index contributed by atoms with van der Waals surface area (Å²) >= 11 is 0. The Morgan fingerprint density at radius 1 is 0.900 bits per heavy atom. The lowest BCUT2D eigenvalue weighted by molar-refractivity contribution is -0.254. The van der Waals surface area contributed by atoms with Crippen molar-refractivity contribution in [2.24, 2.45) is 0 Å². The molecule has 0 radical (unpaired) electrons. The Morgan fingerprint density at radius 2 is 1.53 bits per heavy atom. The second-order valence-electron chi connectivity index (χ2n) is 8.34. The van der Waals surface area contributed by atoms with Crippen molar-refractivity contribution in [3.05, 3.63) is 84.4 Å². The summed E-state index contributed by atoms with van der Waals surface area (Å²) in [5.74, 6) is -0.713. The van der Waals surface area contributed by atoms with E-state index in [1.165, 1.54) is 0 Å². The van der Waals surface area contributed by atoms with Crippen molar-refractivity contribution in [3.8, 4) is 0 Å². The average molecular weight is 411 g/mol. The first-order valence-electron chi connectivity index (χ1n) is 10.4. The summed E-state index contributed by atoms with van der Waals surface area (Å²) in [4.78, 5) is 0. The first-order chi connectivity index (χ1) is 14.5. The quantitative estimate of drug-likeness (QED) is 0.565.